The molecule has 1 aliphatic heterocycles. The molecule has 0 saturated heterocycles. The van der Waals surface area contributed by atoms with Crippen LogP contribution in [0.3, 0.4) is 0 Å². The van der Waals surface area contributed by atoms with Gasteiger partial charge >= 0.3 is 0 Å². The van der Waals surface area contributed by atoms with Crippen molar-refractivity contribution in [2.45, 2.75) is 45.3 Å². The van der Waals surface area contributed by atoms with Crippen LogP contribution in [0.2, 0.25) is 0 Å². The van der Waals surface area contributed by atoms with Crippen molar-refractivity contribution >= 4 is 5.91 Å². The van der Waals surface area contributed by atoms with Gasteiger partial charge in [-0.05, 0) is 36.6 Å². The van der Waals surface area contributed by atoms with Crippen LogP contribution in [-0.2, 0) is 17.8 Å². The molecule has 0 radical (unpaired) electrons. The first kappa shape index (κ1) is 24.7. The predicted molar refractivity (Wildman–Crippen MR) is 128 cm³/mol. The Balaban J connectivity index is 1.57. The number of nitrogens with one attached hydrogen (secondary N) is 1. The van der Waals surface area contributed by atoms with Crippen LogP contribution in [0.1, 0.15) is 37.3 Å². The monoisotopic (exact) mass is 456 g/mol. The van der Waals surface area contributed by atoms with Gasteiger partial charge in [-0.25, -0.2) is 0 Å². The molecule has 2 aromatic carbocycles. The second-order valence-electron chi connectivity index (χ2n) is 8.29. The SMILES string of the molecule is CCCC[C@@H]1CN(CCNC(=O)Cc2cc(OC)c(OC)c(OC)c2)Cc2ccccc2O1. The Hall–Kier alpha value is -2.93. The highest BCUT2D eigenvalue weighted by molar-refractivity contribution is 5.79. The summed E-state index contributed by atoms with van der Waals surface area (Å²) in [4.78, 5) is 15.0. The molecule has 1 aliphatic rings. The minimum Gasteiger partial charge on any atom is -0.493 e. The molecule has 3 rings (SSSR count). The Morgan fingerprint density at radius 3 is 2.52 bits per heavy atom. The van der Waals surface area contributed by atoms with Gasteiger partial charge in [-0.2, -0.15) is 0 Å². The number of para-hydroxylation sites is 1. The fourth-order valence-electron chi connectivity index (χ4n) is 4.15. The molecule has 0 aromatic heterocycles. The fourth-order valence-corrected chi connectivity index (χ4v) is 4.15. The lowest BCUT2D eigenvalue weighted by Gasteiger charge is -2.24. The van der Waals surface area contributed by atoms with Gasteiger partial charge in [-0.1, -0.05) is 31.5 Å². The van der Waals surface area contributed by atoms with Crippen molar-refractivity contribution in [2.24, 2.45) is 0 Å². The van der Waals surface area contributed by atoms with Gasteiger partial charge in [0.1, 0.15) is 11.9 Å². The number of fused-ring (bicyclic) bond motifs is 1. The van der Waals surface area contributed by atoms with E-state index in [1.165, 1.54) is 5.56 Å². The third-order valence-electron chi connectivity index (χ3n) is 5.84. The minimum atomic E-state index is -0.0433. The molecule has 1 N–H and O–H groups in total. The third-order valence-corrected chi connectivity index (χ3v) is 5.84. The maximum absolute atomic E-state index is 12.6. The molecule has 0 spiro atoms. The molecule has 0 unspecified atom stereocenters. The lowest BCUT2D eigenvalue weighted by Crippen LogP contribution is -2.39. The van der Waals surface area contributed by atoms with E-state index in [2.05, 4.69) is 29.3 Å². The second-order valence-corrected chi connectivity index (χ2v) is 8.29. The van der Waals surface area contributed by atoms with E-state index in [4.69, 9.17) is 18.9 Å². The van der Waals surface area contributed by atoms with E-state index in [1.807, 2.05) is 24.3 Å². The summed E-state index contributed by atoms with van der Waals surface area (Å²) in [5, 5.41) is 3.05. The Labute approximate surface area is 197 Å². The Morgan fingerprint density at radius 1 is 1.12 bits per heavy atom. The largest absolute Gasteiger partial charge is 0.493 e. The summed E-state index contributed by atoms with van der Waals surface area (Å²) in [6, 6.07) is 11.9. The van der Waals surface area contributed by atoms with E-state index < -0.39 is 0 Å². The number of nitrogens with zero attached hydrogens (tertiary/aromatic N) is 1. The number of carbonyl (C=O) groups is 1. The van der Waals surface area contributed by atoms with Crippen LogP contribution in [0, 0.1) is 0 Å². The number of hydrogen-bond donors (Lipinski definition) is 1. The quantitative estimate of drug-likeness (QED) is 0.554. The summed E-state index contributed by atoms with van der Waals surface area (Å²) in [7, 11) is 4.70. The molecule has 180 valence electrons. The average Bonchev–Trinajstić information content (AvgIpc) is 3.00. The van der Waals surface area contributed by atoms with Gasteiger partial charge in [0.2, 0.25) is 11.7 Å². The van der Waals surface area contributed by atoms with Crippen molar-refractivity contribution in [3.05, 3.63) is 47.5 Å². The molecule has 0 saturated carbocycles. The van der Waals surface area contributed by atoms with Crippen molar-refractivity contribution in [3.8, 4) is 23.0 Å². The zero-order valence-electron chi connectivity index (χ0n) is 20.2. The average molecular weight is 457 g/mol. The highest BCUT2D eigenvalue weighted by Crippen LogP contribution is 2.38. The van der Waals surface area contributed by atoms with Crippen LogP contribution in [0.15, 0.2) is 36.4 Å². The lowest BCUT2D eigenvalue weighted by molar-refractivity contribution is -0.120. The maximum atomic E-state index is 12.6. The maximum Gasteiger partial charge on any atom is 0.224 e. The highest BCUT2D eigenvalue weighted by Gasteiger charge is 2.22. The van der Waals surface area contributed by atoms with E-state index in [1.54, 1.807) is 21.3 Å². The molecule has 33 heavy (non-hydrogen) atoms. The lowest BCUT2D eigenvalue weighted by atomic mass is 10.1. The Bertz CT molecular complexity index is 892. The van der Waals surface area contributed by atoms with E-state index in [-0.39, 0.29) is 18.4 Å². The van der Waals surface area contributed by atoms with Crippen LogP contribution >= 0.6 is 0 Å². The van der Waals surface area contributed by atoms with Gasteiger partial charge in [0.15, 0.2) is 11.5 Å². The zero-order chi connectivity index (χ0) is 23.6. The van der Waals surface area contributed by atoms with Gasteiger partial charge in [0.25, 0.3) is 0 Å². The Kier molecular flexibility index (Phi) is 9.24. The molecular weight excluding hydrogens is 420 g/mol. The van der Waals surface area contributed by atoms with Crippen LogP contribution in [0.4, 0.5) is 0 Å². The van der Waals surface area contributed by atoms with Crippen LogP contribution in [-0.4, -0.2) is 57.9 Å². The van der Waals surface area contributed by atoms with Gasteiger partial charge in [0, 0.05) is 31.7 Å². The number of ether oxygens (including phenoxy) is 4. The van der Waals surface area contributed by atoms with Gasteiger partial charge in [-0.3, -0.25) is 9.69 Å². The number of hydrogen-bond acceptors (Lipinski definition) is 6. The molecule has 7 nitrogen and oxygen atoms in total. The number of methoxy groups -OCH3 is 3. The van der Waals surface area contributed by atoms with Gasteiger partial charge < -0.3 is 24.3 Å². The van der Waals surface area contributed by atoms with Crippen molar-refractivity contribution < 1.29 is 23.7 Å². The van der Waals surface area contributed by atoms with Crippen molar-refractivity contribution in [2.75, 3.05) is 41.0 Å². The molecule has 0 aliphatic carbocycles. The van der Waals surface area contributed by atoms with Crippen molar-refractivity contribution in [1.29, 1.82) is 0 Å². The summed E-state index contributed by atoms with van der Waals surface area (Å²) in [5.41, 5.74) is 2.00. The summed E-state index contributed by atoms with van der Waals surface area (Å²) in [6.45, 7) is 5.22. The smallest absolute Gasteiger partial charge is 0.224 e. The zero-order valence-corrected chi connectivity index (χ0v) is 20.2. The Morgan fingerprint density at radius 2 is 1.85 bits per heavy atom. The first-order valence-electron chi connectivity index (χ1n) is 11.6. The highest BCUT2D eigenvalue weighted by atomic mass is 16.5. The van der Waals surface area contributed by atoms with E-state index in [0.717, 1.165) is 50.2 Å². The van der Waals surface area contributed by atoms with Gasteiger partial charge in [0.05, 0.1) is 27.8 Å². The predicted octanol–water partition coefficient (Wildman–Crippen LogP) is 3.82. The molecule has 0 fully saturated rings. The molecule has 1 atom stereocenters. The van der Waals surface area contributed by atoms with Crippen molar-refractivity contribution in [3.63, 3.8) is 0 Å². The standard InChI is InChI=1S/C26H36N2O5/c1-5-6-10-21-18-28(17-20-9-7-8-11-22(20)33-21)13-12-27-25(29)16-19-14-23(30-2)26(32-4)24(15-19)31-3/h7-9,11,14-15,21H,5-6,10,12-13,16-18H2,1-4H3,(H,27,29)/t21-/m1/s1. The molecular formula is C26H36N2O5. The first-order chi connectivity index (χ1) is 16.1. The first-order valence-corrected chi connectivity index (χ1v) is 11.6. The summed E-state index contributed by atoms with van der Waals surface area (Å²) >= 11 is 0. The van der Waals surface area contributed by atoms with E-state index in [9.17, 15) is 4.79 Å². The van der Waals surface area contributed by atoms with Crippen molar-refractivity contribution in [1.82, 2.24) is 10.2 Å². The van der Waals surface area contributed by atoms with E-state index >= 15 is 0 Å². The minimum absolute atomic E-state index is 0.0433. The molecule has 0 bridgehead atoms. The number of rotatable bonds is 11. The molecule has 7 heteroatoms. The number of amides is 1. The second kappa shape index (κ2) is 12.3. The number of carbonyl (C=O) groups excluding carboxylic acids is 1. The van der Waals surface area contributed by atoms with Crippen LogP contribution in [0.5, 0.6) is 23.0 Å². The normalized spacial score (nSPS) is 15.7. The van der Waals surface area contributed by atoms with Gasteiger partial charge in [-0.15, -0.1) is 0 Å². The summed E-state index contributed by atoms with van der Waals surface area (Å²) in [5.74, 6) is 2.54. The van der Waals surface area contributed by atoms with E-state index in [0.29, 0.717) is 23.8 Å². The summed E-state index contributed by atoms with van der Waals surface area (Å²) in [6.07, 6.45) is 3.74. The number of benzene rings is 2. The summed E-state index contributed by atoms with van der Waals surface area (Å²) < 4.78 is 22.4. The topological polar surface area (TPSA) is 69.3 Å². The third kappa shape index (κ3) is 6.78. The fraction of sp³-hybridized carbons (Fsp3) is 0.500. The molecule has 1 amide bonds. The molecule has 2 aromatic rings. The molecule has 1 heterocycles. The van der Waals surface area contributed by atoms with Crippen LogP contribution in [0.25, 0.3) is 0 Å². The van der Waals surface area contributed by atoms with Crippen LogP contribution < -0.4 is 24.3 Å². The number of unbranched alkanes of at least 4 members (excludes halogenated alkanes) is 1.